The molecule has 1 aromatic heterocycles. The molecular formula is C11H15NO3. The minimum Gasteiger partial charge on any atom is -0.469 e. The van der Waals surface area contributed by atoms with E-state index in [1.807, 2.05) is 13.8 Å². The SMILES string of the molecule is COC(=O)CCc1c(C=O)[nH]c(C)c1C. The van der Waals surface area contributed by atoms with Gasteiger partial charge in [0.15, 0.2) is 6.29 Å². The Hall–Kier alpha value is -1.58. The zero-order valence-corrected chi connectivity index (χ0v) is 9.22. The van der Waals surface area contributed by atoms with Crippen LogP contribution >= 0.6 is 0 Å². The Morgan fingerprint density at radius 2 is 2.13 bits per heavy atom. The van der Waals surface area contributed by atoms with Crippen molar-refractivity contribution in [2.45, 2.75) is 26.7 Å². The van der Waals surface area contributed by atoms with Crippen molar-refractivity contribution in [3.05, 3.63) is 22.5 Å². The van der Waals surface area contributed by atoms with Crippen molar-refractivity contribution >= 4 is 12.3 Å². The largest absolute Gasteiger partial charge is 0.469 e. The van der Waals surface area contributed by atoms with Crippen molar-refractivity contribution in [3.63, 3.8) is 0 Å². The number of aromatic nitrogens is 1. The highest BCUT2D eigenvalue weighted by Gasteiger charge is 2.12. The van der Waals surface area contributed by atoms with Crippen molar-refractivity contribution in [2.24, 2.45) is 0 Å². The lowest BCUT2D eigenvalue weighted by atomic mass is 10.1. The molecule has 1 heterocycles. The Labute approximate surface area is 88.6 Å². The highest BCUT2D eigenvalue weighted by molar-refractivity contribution is 5.77. The topological polar surface area (TPSA) is 59.2 Å². The minimum atomic E-state index is -0.259. The Morgan fingerprint density at radius 1 is 1.47 bits per heavy atom. The van der Waals surface area contributed by atoms with Gasteiger partial charge in [-0.25, -0.2) is 0 Å². The van der Waals surface area contributed by atoms with Gasteiger partial charge in [-0.3, -0.25) is 9.59 Å². The summed E-state index contributed by atoms with van der Waals surface area (Å²) in [5.74, 6) is -0.259. The first-order valence-electron chi connectivity index (χ1n) is 4.80. The van der Waals surface area contributed by atoms with Crippen LogP contribution in [0.15, 0.2) is 0 Å². The van der Waals surface area contributed by atoms with Crippen LogP contribution in [0.3, 0.4) is 0 Å². The monoisotopic (exact) mass is 209 g/mol. The Kier molecular flexibility index (Phi) is 3.66. The maximum absolute atomic E-state index is 11.0. The summed E-state index contributed by atoms with van der Waals surface area (Å²) in [5, 5.41) is 0. The molecule has 0 bridgehead atoms. The van der Waals surface area contributed by atoms with Gasteiger partial charge in [-0.05, 0) is 31.4 Å². The van der Waals surface area contributed by atoms with Crippen LogP contribution in [0.1, 0.15) is 33.7 Å². The van der Waals surface area contributed by atoms with E-state index in [9.17, 15) is 9.59 Å². The third kappa shape index (κ3) is 2.46. The molecule has 0 fully saturated rings. The van der Waals surface area contributed by atoms with Gasteiger partial charge in [0, 0.05) is 12.1 Å². The van der Waals surface area contributed by atoms with E-state index in [1.165, 1.54) is 7.11 Å². The first-order chi connectivity index (χ1) is 7.10. The van der Waals surface area contributed by atoms with Crippen LogP contribution in [0.4, 0.5) is 0 Å². The summed E-state index contributed by atoms with van der Waals surface area (Å²) in [5.41, 5.74) is 3.49. The van der Waals surface area contributed by atoms with Crippen molar-refractivity contribution in [1.82, 2.24) is 4.98 Å². The van der Waals surface area contributed by atoms with Crippen LogP contribution in [0.2, 0.25) is 0 Å². The molecule has 4 heteroatoms. The molecule has 82 valence electrons. The number of rotatable bonds is 4. The minimum absolute atomic E-state index is 0.259. The number of methoxy groups -OCH3 is 1. The zero-order valence-electron chi connectivity index (χ0n) is 9.22. The number of nitrogens with one attached hydrogen (secondary N) is 1. The summed E-state index contributed by atoms with van der Waals surface area (Å²) in [4.78, 5) is 24.7. The molecule has 0 radical (unpaired) electrons. The van der Waals surface area contributed by atoms with Gasteiger partial charge in [-0.1, -0.05) is 0 Å². The van der Waals surface area contributed by atoms with E-state index >= 15 is 0 Å². The second-order valence-electron chi connectivity index (χ2n) is 3.46. The van der Waals surface area contributed by atoms with E-state index in [0.29, 0.717) is 18.5 Å². The zero-order chi connectivity index (χ0) is 11.4. The molecule has 0 atom stereocenters. The highest BCUT2D eigenvalue weighted by atomic mass is 16.5. The highest BCUT2D eigenvalue weighted by Crippen LogP contribution is 2.18. The molecule has 1 N–H and O–H groups in total. The van der Waals surface area contributed by atoms with Crippen LogP contribution in [0.25, 0.3) is 0 Å². The number of carbonyl (C=O) groups excluding carboxylic acids is 2. The predicted octanol–water partition coefficient (Wildman–Crippen LogP) is 1.55. The quantitative estimate of drug-likeness (QED) is 0.604. The molecule has 1 rings (SSSR count). The molecule has 0 aliphatic carbocycles. The van der Waals surface area contributed by atoms with Crippen molar-refractivity contribution < 1.29 is 14.3 Å². The summed E-state index contributed by atoms with van der Waals surface area (Å²) in [6.45, 7) is 3.84. The molecular weight excluding hydrogens is 194 g/mol. The molecule has 1 aromatic rings. The number of aromatic amines is 1. The van der Waals surface area contributed by atoms with Crippen molar-refractivity contribution in [1.29, 1.82) is 0 Å². The predicted molar refractivity (Wildman–Crippen MR) is 56.0 cm³/mol. The van der Waals surface area contributed by atoms with Gasteiger partial charge in [0.1, 0.15) is 0 Å². The smallest absolute Gasteiger partial charge is 0.305 e. The number of carbonyl (C=O) groups is 2. The van der Waals surface area contributed by atoms with Crippen molar-refractivity contribution in [3.8, 4) is 0 Å². The van der Waals surface area contributed by atoms with Gasteiger partial charge in [0.25, 0.3) is 0 Å². The molecule has 0 unspecified atom stereocenters. The molecule has 0 saturated carbocycles. The van der Waals surface area contributed by atoms with Gasteiger partial charge < -0.3 is 9.72 Å². The van der Waals surface area contributed by atoms with Crippen LogP contribution in [0, 0.1) is 13.8 Å². The number of ether oxygens (including phenoxy) is 1. The average molecular weight is 209 g/mol. The Bertz CT molecular complexity index is 379. The summed E-state index contributed by atoms with van der Waals surface area (Å²) >= 11 is 0. The fourth-order valence-electron chi connectivity index (χ4n) is 1.55. The van der Waals surface area contributed by atoms with Crippen LogP contribution in [-0.4, -0.2) is 24.3 Å². The standard InChI is InChI=1S/C11H15NO3/c1-7-8(2)12-10(6-13)9(7)4-5-11(14)15-3/h6,12H,4-5H2,1-3H3. The number of aldehydes is 1. The second kappa shape index (κ2) is 4.77. The molecule has 4 nitrogen and oxygen atoms in total. The number of aryl methyl sites for hydroxylation is 1. The summed E-state index contributed by atoms with van der Waals surface area (Å²) < 4.78 is 4.55. The van der Waals surface area contributed by atoms with Gasteiger partial charge in [0.05, 0.1) is 12.8 Å². The summed E-state index contributed by atoms with van der Waals surface area (Å²) in [6.07, 6.45) is 1.62. The van der Waals surface area contributed by atoms with E-state index in [0.717, 1.165) is 23.1 Å². The third-order valence-corrected chi connectivity index (χ3v) is 2.59. The maximum Gasteiger partial charge on any atom is 0.305 e. The van der Waals surface area contributed by atoms with Crippen molar-refractivity contribution in [2.75, 3.05) is 7.11 Å². The lowest BCUT2D eigenvalue weighted by Gasteiger charge is -2.00. The number of hydrogen-bond donors (Lipinski definition) is 1. The van der Waals surface area contributed by atoms with E-state index in [-0.39, 0.29) is 5.97 Å². The molecule has 15 heavy (non-hydrogen) atoms. The summed E-state index contributed by atoms with van der Waals surface area (Å²) in [7, 11) is 1.36. The van der Waals surface area contributed by atoms with Crippen LogP contribution < -0.4 is 0 Å². The second-order valence-corrected chi connectivity index (χ2v) is 3.46. The van der Waals surface area contributed by atoms with E-state index in [1.54, 1.807) is 0 Å². The Balaban J connectivity index is 2.83. The molecule has 0 aromatic carbocycles. The molecule has 0 saturated heterocycles. The van der Waals surface area contributed by atoms with E-state index < -0.39 is 0 Å². The van der Waals surface area contributed by atoms with Gasteiger partial charge in [0.2, 0.25) is 0 Å². The first-order valence-corrected chi connectivity index (χ1v) is 4.80. The van der Waals surface area contributed by atoms with Crippen LogP contribution in [0.5, 0.6) is 0 Å². The third-order valence-electron chi connectivity index (χ3n) is 2.59. The van der Waals surface area contributed by atoms with E-state index in [4.69, 9.17) is 0 Å². The summed E-state index contributed by atoms with van der Waals surface area (Å²) in [6, 6.07) is 0. The van der Waals surface area contributed by atoms with E-state index in [2.05, 4.69) is 9.72 Å². The fourth-order valence-corrected chi connectivity index (χ4v) is 1.55. The Morgan fingerprint density at radius 3 is 2.67 bits per heavy atom. The number of H-pyrrole nitrogens is 1. The molecule has 0 amide bonds. The van der Waals surface area contributed by atoms with Gasteiger partial charge in [-0.2, -0.15) is 0 Å². The first kappa shape index (κ1) is 11.5. The average Bonchev–Trinajstić information content (AvgIpc) is 2.52. The lowest BCUT2D eigenvalue weighted by molar-refractivity contribution is -0.140. The fraction of sp³-hybridized carbons (Fsp3) is 0.455. The molecule has 0 spiro atoms. The van der Waals surface area contributed by atoms with Gasteiger partial charge >= 0.3 is 5.97 Å². The molecule has 0 aliphatic rings. The normalized spacial score (nSPS) is 10.1. The van der Waals surface area contributed by atoms with Crippen LogP contribution in [-0.2, 0) is 16.0 Å². The molecule has 0 aliphatic heterocycles. The number of hydrogen-bond acceptors (Lipinski definition) is 3. The lowest BCUT2D eigenvalue weighted by Crippen LogP contribution is -2.03. The number of esters is 1. The van der Waals surface area contributed by atoms with Gasteiger partial charge in [-0.15, -0.1) is 0 Å². The maximum atomic E-state index is 11.0.